The molecule has 0 amide bonds. The molecule has 1 aliphatic heterocycles. The highest BCUT2D eigenvalue weighted by molar-refractivity contribution is 5.29. The Morgan fingerprint density at radius 1 is 1.25 bits per heavy atom. The van der Waals surface area contributed by atoms with Gasteiger partial charge >= 0.3 is 0 Å². The molecule has 0 radical (unpaired) electrons. The minimum absolute atomic E-state index is 0.619. The van der Waals surface area contributed by atoms with Crippen molar-refractivity contribution in [3.63, 3.8) is 0 Å². The molecule has 1 heterocycles. The van der Waals surface area contributed by atoms with Crippen molar-refractivity contribution in [3.8, 4) is 5.75 Å². The number of ether oxygens (including phenoxy) is 1. The Balaban J connectivity index is 2.05. The van der Waals surface area contributed by atoms with Crippen LogP contribution in [-0.2, 0) is 6.42 Å². The molecular formula is C17H28N2O. The zero-order valence-electron chi connectivity index (χ0n) is 13.1. The van der Waals surface area contributed by atoms with Crippen LogP contribution in [0.1, 0.15) is 26.3 Å². The first-order valence-corrected chi connectivity index (χ1v) is 7.87. The summed E-state index contributed by atoms with van der Waals surface area (Å²) in [5.74, 6) is 1.66. The zero-order valence-corrected chi connectivity index (χ0v) is 13.1. The van der Waals surface area contributed by atoms with Crippen LogP contribution in [0, 0.1) is 5.92 Å². The highest BCUT2D eigenvalue weighted by Gasteiger charge is 2.23. The van der Waals surface area contributed by atoms with Gasteiger partial charge in [-0.2, -0.15) is 0 Å². The third-order valence-corrected chi connectivity index (χ3v) is 4.04. The molecule has 0 saturated carbocycles. The van der Waals surface area contributed by atoms with Crippen molar-refractivity contribution in [2.75, 3.05) is 32.8 Å². The van der Waals surface area contributed by atoms with Crippen molar-refractivity contribution >= 4 is 0 Å². The molecule has 1 unspecified atom stereocenters. The van der Waals surface area contributed by atoms with Gasteiger partial charge in [0.25, 0.3) is 0 Å². The summed E-state index contributed by atoms with van der Waals surface area (Å²) in [4.78, 5) is 2.63. The minimum atomic E-state index is 0.619. The molecular weight excluding hydrogens is 248 g/mol. The van der Waals surface area contributed by atoms with E-state index in [1.165, 1.54) is 5.56 Å². The van der Waals surface area contributed by atoms with Gasteiger partial charge in [-0.25, -0.2) is 0 Å². The normalized spacial score (nSPS) is 18.2. The monoisotopic (exact) mass is 276 g/mol. The summed E-state index contributed by atoms with van der Waals surface area (Å²) in [6.45, 7) is 12.0. The highest BCUT2D eigenvalue weighted by atomic mass is 16.5. The second kappa shape index (κ2) is 7.65. The van der Waals surface area contributed by atoms with Crippen molar-refractivity contribution in [3.05, 3.63) is 29.8 Å². The Bertz CT molecular complexity index is 400. The van der Waals surface area contributed by atoms with Crippen LogP contribution >= 0.6 is 0 Å². The van der Waals surface area contributed by atoms with Gasteiger partial charge in [-0.3, -0.25) is 4.90 Å². The van der Waals surface area contributed by atoms with Crippen LogP contribution in [0.3, 0.4) is 0 Å². The largest absolute Gasteiger partial charge is 0.494 e. The fraction of sp³-hybridized carbons (Fsp3) is 0.647. The molecule has 20 heavy (non-hydrogen) atoms. The fourth-order valence-electron chi connectivity index (χ4n) is 2.97. The second-order valence-electron chi connectivity index (χ2n) is 5.88. The maximum Gasteiger partial charge on any atom is 0.119 e. The molecule has 3 heteroatoms. The summed E-state index contributed by atoms with van der Waals surface area (Å²) in [5.41, 5.74) is 1.38. The lowest BCUT2D eigenvalue weighted by molar-refractivity contribution is 0.136. The Kier molecular flexibility index (Phi) is 5.86. The van der Waals surface area contributed by atoms with E-state index in [0.717, 1.165) is 45.0 Å². The molecule has 0 bridgehead atoms. The van der Waals surface area contributed by atoms with Crippen LogP contribution in [0.2, 0.25) is 0 Å². The van der Waals surface area contributed by atoms with E-state index in [0.29, 0.717) is 12.0 Å². The maximum atomic E-state index is 5.61. The molecule has 1 aromatic carbocycles. The first kappa shape index (κ1) is 15.3. The van der Waals surface area contributed by atoms with E-state index in [9.17, 15) is 0 Å². The molecule has 3 nitrogen and oxygen atoms in total. The number of benzene rings is 1. The molecule has 1 fully saturated rings. The van der Waals surface area contributed by atoms with Gasteiger partial charge in [0, 0.05) is 32.2 Å². The summed E-state index contributed by atoms with van der Waals surface area (Å²) in [6, 6.07) is 9.19. The Morgan fingerprint density at radius 3 is 2.65 bits per heavy atom. The van der Waals surface area contributed by atoms with Crippen molar-refractivity contribution in [1.82, 2.24) is 10.2 Å². The van der Waals surface area contributed by atoms with E-state index in [4.69, 9.17) is 4.74 Å². The quantitative estimate of drug-likeness (QED) is 0.864. The van der Waals surface area contributed by atoms with Gasteiger partial charge in [0.2, 0.25) is 0 Å². The molecule has 1 aliphatic rings. The van der Waals surface area contributed by atoms with Crippen LogP contribution in [-0.4, -0.2) is 43.7 Å². The lowest BCUT2D eigenvalue weighted by Crippen LogP contribution is -2.50. The molecule has 1 atom stereocenters. The van der Waals surface area contributed by atoms with Crippen LogP contribution in [0.15, 0.2) is 24.3 Å². The van der Waals surface area contributed by atoms with Gasteiger partial charge in [0.1, 0.15) is 5.75 Å². The van der Waals surface area contributed by atoms with Crippen LogP contribution in [0.5, 0.6) is 5.75 Å². The predicted octanol–water partition coefficient (Wildman–Crippen LogP) is 2.56. The fourth-order valence-corrected chi connectivity index (χ4v) is 2.97. The first-order valence-electron chi connectivity index (χ1n) is 7.87. The molecule has 1 aromatic rings. The topological polar surface area (TPSA) is 24.5 Å². The summed E-state index contributed by atoms with van der Waals surface area (Å²) in [6.07, 6.45) is 1.11. The van der Waals surface area contributed by atoms with Gasteiger partial charge in [0.15, 0.2) is 0 Å². The first-order chi connectivity index (χ1) is 9.70. The third-order valence-electron chi connectivity index (χ3n) is 4.04. The molecule has 0 aromatic heterocycles. The number of hydrogen-bond acceptors (Lipinski definition) is 3. The number of hydrogen-bond donors (Lipinski definition) is 1. The van der Waals surface area contributed by atoms with Gasteiger partial charge in [-0.1, -0.05) is 26.0 Å². The van der Waals surface area contributed by atoms with Crippen LogP contribution in [0.4, 0.5) is 0 Å². The lowest BCUT2D eigenvalue weighted by atomic mass is 9.94. The average molecular weight is 276 g/mol. The second-order valence-corrected chi connectivity index (χ2v) is 5.88. The average Bonchev–Trinajstić information content (AvgIpc) is 2.46. The number of nitrogens with one attached hydrogen (secondary N) is 1. The Hall–Kier alpha value is -1.06. The SMILES string of the molecule is CCOc1cccc(CC(C(C)C)N2CCNCC2)c1. The Morgan fingerprint density at radius 2 is 2.00 bits per heavy atom. The molecule has 0 spiro atoms. The number of rotatable bonds is 6. The van der Waals surface area contributed by atoms with Gasteiger partial charge in [-0.05, 0) is 37.0 Å². The standard InChI is InChI=1S/C17H28N2O/c1-4-20-16-7-5-6-15(12-16)13-17(14(2)3)19-10-8-18-9-11-19/h5-7,12,14,17-18H,4,8-11,13H2,1-3H3. The summed E-state index contributed by atoms with van der Waals surface area (Å²) < 4.78 is 5.61. The smallest absolute Gasteiger partial charge is 0.119 e. The molecule has 0 aliphatic carbocycles. The van der Waals surface area contributed by atoms with Gasteiger partial charge in [-0.15, -0.1) is 0 Å². The van der Waals surface area contributed by atoms with Crippen molar-refractivity contribution in [2.24, 2.45) is 5.92 Å². The molecule has 1 saturated heterocycles. The van der Waals surface area contributed by atoms with Crippen LogP contribution < -0.4 is 10.1 Å². The molecule has 112 valence electrons. The van der Waals surface area contributed by atoms with Gasteiger partial charge in [0.05, 0.1) is 6.61 Å². The van der Waals surface area contributed by atoms with Crippen molar-refractivity contribution < 1.29 is 4.74 Å². The van der Waals surface area contributed by atoms with E-state index < -0.39 is 0 Å². The number of nitrogens with zero attached hydrogens (tertiary/aromatic N) is 1. The third kappa shape index (κ3) is 4.22. The Labute approximate surface area is 123 Å². The van der Waals surface area contributed by atoms with Crippen molar-refractivity contribution in [1.29, 1.82) is 0 Å². The predicted molar refractivity (Wildman–Crippen MR) is 84.4 cm³/mol. The van der Waals surface area contributed by atoms with Crippen LogP contribution in [0.25, 0.3) is 0 Å². The summed E-state index contributed by atoms with van der Waals surface area (Å²) >= 11 is 0. The zero-order chi connectivity index (χ0) is 14.4. The van der Waals surface area contributed by atoms with E-state index in [1.807, 2.05) is 13.0 Å². The molecule has 2 rings (SSSR count). The molecule has 1 N–H and O–H groups in total. The summed E-state index contributed by atoms with van der Waals surface area (Å²) in [7, 11) is 0. The maximum absolute atomic E-state index is 5.61. The highest BCUT2D eigenvalue weighted by Crippen LogP contribution is 2.20. The van der Waals surface area contributed by atoms with Crippen molar-refractivity contribution in [2.45, 2.75) is 33.2 Å². The minimum Gasteiger partial charge on any atom is -0.494 e. The van der Waals surface area contributed by atoms with Gasteiger partial charge < -0.3 is 10.1 Å². The number of piperazine rings is 1. The van der Waals surface area contributed by atoms with E-state index >= 15 is 0 Å². The summed E-state index contributed by atoms with van der Waals surface area (Å²) in [5, 5.41) is 3.44. The van der Waals surface area contributed by atoms with E-state index in [-0.39, 0.29) is 0 Å². The van der Waals surface area contributed by atoms with E-state index in [1.54, 1.807) is 0 Å². The lowest BCUT2D eigenvalue weighted by Gasteiger charge is -2.37. The van der Waals surface area contributed by atoms with E-state index in [2.05, 4.69) is 42.3 Å².